The normalized spacial score (nSPS) is 9.58. The zero-order chi connectivity index (χ0) is 8.97. The molecule has 1 aromatic carbocycles. The van der Waals surface area contributed by atoms with E-state index in [2.05, 4.69) is 15.9 Å². The Balaban J connectivity index is 2.90. The highest BCUT2D eigenvalue weighted by atomic mass is 79.9. The van der Waals surface area contributed by atoms with Gasteiger partial charge in [0.2, 0.25) is 0 Å². The van der Waals surface area contributed by atoms with Gasteiger partial charge in [0.25, 0.3) is 0 Å². The van der Waals surface area contributed by atoms with Gasteiger partial charge >= 0.3 is 0 Å². The minimum atomic E-state index is 0.666. The number of halogens is 1. The van der Waals surface area contributed by atoms with Crippen LogP contribution in [0.25, 0.3) is 0 Å². The van der Waals surface area contributed by atoms with Crippen molar-refractivity contribution in [2.24, 2.45) is 0 Å². The molecule has 1 rings (SSSR count). The second-order valence-electron chi connectivity index (χ2n) is 2.26. The van der Waals surface area contributed by atoms with Crippen molar-refractivity contribution >= 4 is 15.9 Å². The SMILES string of the molecule is CCOc1cc(Br)cc(OC)c1. The molecule has 1 aromatic rings. The Kier molecular flexibility index (Phi) is 3.41. The molecule has 66 valence electrons. The van der Waals surface area contributed by atoms with Gasteiger partial charge in [0.05, 0.1) is 13.7 Å². The monoisotopic (exact) mass is 230 g/mol. The largest absolute Gasteiger partial charge is 0.497 e. The summed E-state index contributed by atoms with van der Waals surface area (Å²) in [7, 11) is 1.64. The molecule has 0 unspecified atom stereocenters. The van der Waals surface area contributed by atoms with Gasteiger partial charge in [-0.05, 0) is 19.1 Å². The summed E-state index contributed by atoms with van der Waals surface area (Å²) in [5.41, 5.74) is 0. The number of hydrogen-bond acceptors (Lipinski definition) is 2. The van der Waals surface area contributed by atoms with Crippen molar-refractivity contribution in [1.82, 2.24) is 0 Å². The molecule has 0 radical (unpaired) electrons. The first kappa shape index (κ1) is 9.39. The zero-order valence-corrected chi connectivity index (χ0v) is 8.72. The molecule has 0 fully saturated rings. The van der Waals surface area contributed by atoms with Crippen molar-refractivity contribution in [3.8, 4) is 11.5 Å². The van der Waals surface area contributed by atoms with E-state index < -0.39 is 0 Å². The van der Waals surface area contributed by atoms with E-state index in [1.807, 2.05) is 25.1 Å². The second kappa shape index (κ2) is 4.36. The molecular weight excluding hydrogens is 220 g/mol. The molecule has 0 saturated carbocycles. The van der Waals surface area contributed by atoms with Crippen LogP contribution in [0.15, 0.2) is 22.7 Å². The maximum absolute atomic E-state index is 5.32. The number of ether oxygens (including phenoxy) is 2. The lowest BCUT2D eigenvalue weighted by Crippen LogP contribution is -1.92. The van der Waals surface area contributed by atoms with Gasteiger partial charge in [0.1, 0.15) is 11.5 Å². The maximum atomic E-state index is 5.32. The Morgan fingerprint density at radius 2 is 1.92 bits per heavy atom. The van der Waals surface area contributed by atoms with Crippen LogP contribution in [0.4, 0.5) is 0 Å². The van der Waals surface area contributed by atoms with Crippen LogP contribution in [0, 0.1) is 0 Å². The molecule has 0 bridgehead atoms. The highest BCUT2D eigenvalue weighted by Crippen LogP contribution is 2.25. The Hall–Kier alpha value is -0.700. The molecular formula is C9H11BrO2. The van der Waals surface area contributed by atoms with E-state index in [1.165, 1.54) is 0 Å². The molecule has 0 aliphatic heterocycles. The Bertz CT molecular complexity index is 261. The van der Waals surface area contributed by atoms with Gasteiger partial charge in [-0.15, -0.1) is 0 Å². The molecule has 12 heavy (non-hydrogen) atoms. The topological polar surface area (TPSA) is 18.5 Å². The Labute approximate surface area is 80.6 Å². The third-order valence-electron chi connectivity index (χ3n) is 1.39. The van der Waals surface area contributed by atoms with Crippen molar-refractivity contribution in [3.63, 3.8) is 0 Å². The lowest BCUT2D eigenvalue weighted by Gasteiger charge is -2.05. The van der Waals surface area contributed by atoms with Crippen molar-refractivity contribution in [1.29, 1.82) is 0 Å². The summed E-state index contributed by atoms with van der Waals surface area (Å²) in [5, 5.41) is 0. The van der Waals surface area contributed by atoms with Crippen molar-refractivity contribution < 1.29 is 9.47 Å². The van der Waals surface area contributed by atoms with Crippen LogP contribution < -0.4 is 9.47 Å². The van der Waals surface area contributed by atoms with Gasteiger partial charge < -0.3 is 9.47 Å². The van der Waals surface area contributed by atoms with E-state index in [0.29, 0.717) is 6.61 Å². The van der Waals surface area contributed by atoms with Crippen LogP contribution in [0.5, 0.6) is 11.5 Å². The average molecular weight is 231 g/mol. The van der Waals surface area contributed by atoms with Crippen LogP contribution in [0.3, 0.4) is 0 Å². The molecule has 0 atom stereocenters. The van der Waals surface area contributed by atoms with Crippen LogP contribution in [0.2, 0.25) is 0 Å². The molecule has 0 saturated heterocycles. The quantitative estimate of drug-likeness (QED) is 0.796. The molecule has 0 spiro atoms. The van der Waals surface area contributed by atoms with Crippen LogP contribution >= 0.6 is 15.9 Å². The average Bonchev–Trinajstić information content (AvgIpc) is 2.04. The predicted octanol–water partition coefficient (Wildman–Crippen LogP) is 2.86. The van der Waals surface area contributed by atoms with Gasteiger partial charge in [-0.1, -0.05) is 15.9 Å². The Morgan fingerprint density at radius 3 is 2.50 bits per heavy atom. The molecule has 0 aromatic heterocycles. The Morgan fingerprint density at radius 1 is 1.25 bits per heavy atom. The highest BCUT2D eigenvalue weighted by Gasteiger charge is 1.98. The fourth-order valence-electron chi connectivity index (χ4n) is 0.905. The summed E-state index contributed by atoms with van der Waals surface area (Å²) >= 11 is 3.36. The summed E-state index contributed by atoms with van der Waals surface area (Å²) in [6.07, 6.45) is 0. The maximum Gasteiger partial charge on any atom is 0.124 e. The number of hydrogen-bond donors (Lipinski definition) is 0. The van der Waals surface area contributed by atoms with Gasteiger partial charge in [-0.3, -0.25) is 0 Å². The van der Waals surface area contributed by atoms with Gasteiger partial charge in [0, 0.05) is 10.5 Å². The highest BCUT2D eigenvalue weighted by molar-refractivity contribution is 9.10. The fourth-order valence-corrected chi connectivity index (χ4v) is 1.36. The van der Waals surface area contributed by atoms with Gasteiger partial charge in [-0.2, -0.15) is 0 Å². The second-order valence-corrected chi connectivity index (χ2v) is 3.18. The lowest BCUT2D eigenvalue weighted by atomic mass is 10.3. The van der Waals surface area contributed by atoms with Crippen molar-refractivity contribution in [2.75, 3.05) is 13.7 Å². The van der Waals surface area contributed by atoms with E-state index in [0.717, 1.165) is 16.0 Å². The van der Waals surface area contributed by atoms with Gasteiger partial charge in [-0.25, -0.2) is 0 Å². The van der Waals surface area contributed by atoms with E-state index in [9.17, 15) is 0 Å². The summed E-state index contributed by atoms with van der Waals surface area (Å²) in [5.74, 6) is 1.62. The molecule has 0 N–H and O–H groups in total. The molecule has 0 amide bonds. The van der Waals surface area contributed by atoms with Crippen molar-refractivity contribution in [3.05, 3.63) is 22.7 Å². The molecule has 2 nitrogen and oxygen atoms in total. The number of methoxy groups -OCH3 is 1. The van der Waals surface area contributed by atoms with Crippen LogP contribution in [0.1, 0.15) is 6.92 Å². The number of benzene rings is 1. The summed E-state index contributed by atoms with van der Waals surface area (Å²) < 4.78 is 11.4. The fraction of sp³-hybridized carbons (Fsp3) is 0.333. The van der Waals surface area contributed by atoms with E-state index in [1.54, 1.807) is 7.11 Å². The summed E-state index contributed by atoms with van der Waals surface area (Å²) in [4.78, 5) is 0. The molecule has 3 heteroatoms. The van der Waals surface area contributed by atoms with Crippen LogP contribution in [-0.2, 0) is 0 Å². The summed E-state index contributed by atoms with van der Waals surface area (Å²) in [6.45, 7) is 2.62. The third-order valence-corrected chi connectivity index (χ3v) is 1.85. The zero-order valence-electron chi connectivity index (χ0n) is 7.13. The molecule has 0 aliphatic rings. The van der Waals surface area contributed by atoms with E-state index in [4.69, 9.17) is 9.47 Å². The van der Waals surface area contributed by atoms with Crippen molar-refractivity contribution in [2.45, 2.75) is 6.92 Å². The minimum Gasteiger partial charge on any atom is -0.497 e. The number of rotatable bonds is 3. The first-order valence-electron chi connectivity index (χ1n) is 3.73. The van der Waals surface area contributed by atoms with E-state index in [-0.39, 0.29) is 0 Å². The first-order chi connectivity index (χ1) is 5.76. The van der Waals surface area contributed by atoms with E-state index >= 15 is 0 Å². The predicted molar refractivity (Wildman–Crippen MR) is 51.9 cm³/mol. The minimum absolute atomic E-state index is 0.666. The first-order valence-corrected chi connectivity index (χ1v) is 4.53. The smallest absolute Gasteiger partial charge is 0.124 e. The molecule has 0 heterocycles. The van der Waals surface area contributed by atoms with Gasteiger partial charge in [0.15, 0.2) is 0 Å². The van der Waals surface area contributed by atoms with Crippen LogP contribution in [-0.4, -0.2) is 13.7 Å². The third kappa shape index (κ3) is 2.41. The molecule has 0 aliphatic carbocycles. The standard InChI is InChI=1S/C9H11BrO2/c1-3-12-9-5-7(10)4-8(6-9)11-2/h4-6H,3H2,1-2H3. The lowest BCUT2D eigenvalue weighted by molar-refractivity contribution is 0.336. The summed E-state index contributed by atoms with van der Waals surface area (Å²) in [6, 6.07) is 5.66.